The average molecular weight is 260 g/mol. The number of aliphatic hydroxyl groups excluding tert-OH is 1. The Bertz CT molecular complexity index is 503. The highest BCUT2D eigenvalue weighted by Gasteiger charge is 2.40. The predicted octanol–water partition coefficient (Wildman–Crippen LogP) is 1.71. The summed E-state index contributed by atoms with van der Waals surface area (Å²) in [6, 6.07) is 5.74. The number of hydrogen-bond acceptors (Lipinski definition) is 3. The number of nitrogens with two attached hydrogens (primary N) is 1. The van der Waals surface area contributed by atoms with Crippen molar-refractivity contribution in [3.63, 3.8) is 0 Å². The summed E-state index contributed by atoms with van der Waals surface area (Å²) in [5, 5.41) is 9.59. The van der Waals surface area contributed by atoms with E-state index in [0.29, 0.717) is 13.0 Å². The molecule has 0 radical (unpaired) electrons. The molecule has 4 nitrogen and oxygen atoms in total. The number of aliphatic hydroxyl groups is 1. The Hall–Kier alpha value is -1.55. The minimum atomic E-state index is -0.0777. The lowest BCUT2D eigenvalue weighted by atomic mass is 9.69. The molecule has 1 aliphatic heterocycles. The Labute approximate surface area is 113 Å². The number of rotatable bonds is 3. The van der Waals surface area contributed by atoms with Crippen LogP contribution in [0, 0.1) is 5.41 Å². The van der Waals surface area contributed by atoms with Crippen LogP contribution in [0.4, 0.5) is 11.4 Å². The van der Waals surface area contributed by atoms with Gasteiger partial charge in [-0.1, -0.05) is 6.42 Å². The molecule has 0 unspecified atom stereocenters. The van der Waals surface area contributed by atoms with Crippen molar-refractivity contribution in [2.24, 2.45) is 5.41 Å². The first kappa shape index (κ1) is 12.5. The van der Waals surface area contributed by atoms with Gasteiger partial charge in [0.1, 0.15) is 0 Å². The Balaban J connectivity index is 1.90. The number of hydrogen-bond donors (Lipinski definition) is 2. The molecule has 0 saturated heterocycles. The molecule has 1 aromatic rings. The van der Waals surface area contributed by atoms with Gasteiger partial charge in [0.05, 0.1) is 6.61 Å². The quantitative estimate of drug-likeness (QED) is 0.813. The molecule has 19 heavy (non-hydrogen) atoms. The topological polar surface area (TPSA) is 66.6 Å². The number of benzene rings is 1. The second-order valence-electron chi connectivity index (χ2n) is 5.88. The summed E-state index contributed by atoms with van der Waals surface area (Å²) in [4.78, 5) is 14.0. The monoisotopic (exact) mass is 260 g/mol. The number of amides is 1. The number of nitrogen functional groups attached to an aromatic ring is 1. The third-order valence-corrected chi connectivity index (χ3v) is 4.55. The molecule has 1 fully saturated rings. The lowest BCUT2D eigenvalue weighted by molar-refractivity contribution is -0.119. The Morgan fingerprint density at radius 1 is 1.32 bits per heavy atom. The highest BCUT2D eigenvalue weighted by atomic mass is 16.3. The van der Waals surface area contributed by atoms with Crippen LogP contribution in [0.2, 0.25) is 0 Å². The lowest BCUT2D eigenvalue weighted by Gasteiger charge is -2.45. The maximum absolute atomic E-state index is 12.2. The van der Waals surface area contributed by atoms with E-state index in [1.54, 1.807) is 0 Å². The van der Waals surface area contributed by atoms with E-state index < -0.39 is 0 Å². The number of nitrogens with zero attached hydrogens (tertiary/aromatic N) is 1. The predicted molar refractivity (Wildman–Crippen MR) is 74.9 cm³/mol. The summed E-state index contributed by atoms with van der Waals surface area (Å²) in [5.41, 5.74) is 8.60. The number of fused-ring (bicyclic) bond motifs is 1. The largest absolute Gasteiger partial charge is 0.399 e. The fourth-order valence-electron chi connectivity index (χ4n) is 3.13. The summed E-state index contributed by atoms with van der Waals surface area (Å²) >= 11 is 0. The third kappa shape index (κ3) is 2.10. The molecule has 0 aromatic heterocycles. The van der Waals surface area contributed by atoms with Crippen molar-refractivity contribution >= 4 is 17.3 Å². The summed E-state index contributed by atoms with van der Waals surface area (Å²) in [6.45, 7) is 0.806. The van der Waals surface area contributed by atoms with Crippen LogP contribution in [0.3, 0.4) is 0 Å². The molecule has 102 valence electrons. The highest BCUT2D eigenvalue weighted by molar-refractivity contribution is 5.96. The van der Waals surface area contributed by atoms with Crippen molar-refractivity contribution in [2.45, 2.75) is 32.1 Å². The third-order valence-electron chi connectivity index (χ3n) is 4.55. The number of carbonyl (C=O) groups excluding carboxylic acids is 1. The summed E-state index contributed by atoms with van der Waals surface area (Å²) in [7, 11) is 0. The zero-order valence-corrected chi connectivity index (χ0v) is 11.1. The smallest absolute Gasteiger partial charge is 0.227 e. The molecule has 1 amide bonds. The molecule has 2 aliphatic rings. The van der Waals surface area contributed by atoms with Crippen LogP contribution in [0.1, 0.15) is 31.2 Å². The normalized spacial score (nSPS) is 20.9. The first-order valence-corrected chi connectivity index (χ1v) is 6.93. The SMILES string of the molecule is Nc1ccc2c(c1)CCC(=O)N2CC1(CO)CCC1. The van der Waals surface area contributed by atoms with Crippen molar-refractivity contribution in [1.29, 1.82) is 0 Å². The molecule has 3 N–H and O–H groups in total. The van der Waals surface area contributed by atoms with Gasteiger partial charge in [-0.25, -0.2) is 0 Å². The Morgan fingerprint density at radius 2 is 2.11 bits per heavy atom. The summed E-state index contributed by atoms with van der Waals surface area (Å²) in [5.74, 6) is 0.164. The number of anilines is 2. The molecule has 3 rings (SSSR count). The van der Waals surface area contributed by atoms with E-state index in [9.17, 15) is 9.90 Å². The molecule has 0 atom stereocenters. The molecule has 1 aromatic carbocycles. The van der Waals surface area contributed by atoms with E-state index in [1.165, 1.54) is 0 Å². The van der Waals surface area contributed by atoms with E-state index in [4.69, 9.17) is 5.73 Å². The van der Waals surface area contributed by atoms with E-state index in [0.717, 1.165) is 42.6 Å². The van der Waals surface area contributed by atoms with Gasteiger partial charge in [0, 0.05) is 29.8 Å². The molecular weight excluding hydrogens is 240 g/mol. The van der Waals surface area contributed by atoms with Gasteiger partial charge in [0.25, 0.3) is 0 Å². The number of aryl methyl sites for hydroxylation is 1. The van der Waals surface area contributed by atoms with Gasteiger partial charge in [-0.15, -0.1) is 0 Å². The van der Waals surface area contributed by atoms with Gasteiger partial charge in [-0.3, -0.25) is 4.79 Å². The molecule has 1 aliphatic carbocycles. The van der Waals surface area contributed by atoms with Gasteiger partial charge in [0.15, 0.2) is 0 Å². The average Bonchev–Trinajstić information content (AvgIpc) is 2.36. The highest BCUT2D eigenvalue weighted by Crippen LogP contribution is 2.43. The zero-order chi connectivity index (χ0) is 13.5. The Kier molecular flexibility index (Phi) is 2.97. The van der Waals surface area contributed by atoms with Crippen LogP contribution in [0.15, 0.2) is 18.2 Å². The van der Waals surface area contributed by atoms with Crippen LogP contribution >= 0.6 is 0 Å². The second-order valence-corrected chi connectivity index (χ2v) is 5.88. The molecule has 1 saturated carbocycles. The Morgan fingerprint density at radius 3 is 2.74 bits per heavy atom. The van der Waals surface area contributed by atoms with Crippen molar-refractivity contribution in [3.8, 4) is 0 Å². The first-order valence-electron chi connectivity index (χ1n) is 6.93. The van der Waals surface area contributed by atoms with Gasteiger partial charge in [-0.2, -0.15) is 0 Å². The van der Waals surface area contributed by atoms with Crippen molar-refractivity contribution in [2.75, 3.05) is 23.8 Å². The van der Waals surface area contributed by atoms with Crippen molar-refractivity contribution in [3.05, 3.63) is 23.8 Å². The summed E-state index contributed by atoms with van der Waals surface area (Å²) < 4.78 is 0. The lowest BCUT2D eigenvalue weighted by Crippen LogP contribution is -2.48. The van der Waals surface area contributed by atoms with Crippen molar-refractivity contribution in [1.82, 2.24) is 0 Å². The van der Waals surface area contributed by atoms with Gasteiger partial charge in [0.2, 0.25) is 5.91 Å². The van der Waals surface area contributed by atoms with Crippen LogP contribution in [0.25, 0.3) is 0 Å². The summed E-state index contributed by atoms with van der Waals surface area (Å²) in [6.07, 6.45) is 4.48. The van der Waals surface area contributed by atoms with Crippen LogP contribution in [0.5, 0.6) is 0 Å². The molecule has 1 heterocycles. The second kappa shape index (κ2) is 4.53. The van der Waals surface area contributed by atoms with Gasteiger partial charge < -0.3 is 15.7 Å². The van der Waals surface area contributed by atoms with E-state index in [2.05, 4.69) is 0 Å². The minimum Gasteiger partial charge on any atom is -0.399 e. The molecular formula is C15H20N2O2. The van der Waals surface area contributed by atoms with Crippen LogP contribution in [-0.2, 0) is 11.2 Å². The fourth-order valence-corrected chi connectivity index (χ4v) is 3.13. The number of carbonyl (C=O) groups is 1. The molecule has 0 bridgehead atoms. The minimum absolute atomic E-state index is 0.0777. The van der Waals surface area contributed by atoms with Crippen molar-refractivity contribution < 1.29 is 9.90 Å². The van der Waals surface area contributed by atoms with Crippen LogP contribution in [-0.4, -0.2) is 24.2 Å². The molecule has 4 heteroatoms. The van der Waals surface area contributed by atoms with E-state index >= 15 is 0 Å². The van der Waals surface area contributed by atoms with E-state index in [-0.39, 0.29) is 17.9 Å². The van der Waals surface area contributed by atoms with Gasteiger partial charge in [-0.05, 0) is 43.0 Å². The standard InChI is InChI=1S/C15H20N2O2/c16-12-3-4-13-11(8-12)2-5-14(19)17(13)9-15(10-18)6-1-7-15/h3-4,8,18H,1-2,5-7,9-10,16H2. The zero-order valence-electron chi connectivity index (χ0n) is 11.1. The van der Waals surface area contributed by atoms with E-state index in [1.807, 2.05) is 23.1 Å². The maximum Gasteiger partial charge on any atom is 0.227 e. The molecule has 0 spiro atoms. The van der Waals surface area contributed by atoms with Gasteiger partial charge >= 0.3 is 0 Å². The maximum atomic E-state index is 12.2. The fraction of sp³-hybridized carbons (Fsp3) is 0.533. The van der Waals surface area contributed by atoms with Crippen LogP contribution < -0.4 is 10.6 Å². The first-order chi connectivity index (χ1) is 9.13.